The van der Waals surface area contributed by atoms with Crippen LogP contribution in [0.3, 0.4) is 0 Å². The van der Waals surface area contributed by atoms with Crippen LogP contribution >= 0.6 is 22.9 Å². The highest BCUT2D eigenvalue weighted by atomic mass is 35.5. The van der Waals surface area contributed by atoms with Gasteiger partial charge in [-0.05, 0) is 6.92 Å². The number of aromatic nitrogens is 3. The zero-order chi connectivity index (χ0) is 13.8. The molecule has 0 saturated carbocycles. The zero-order valence-corrected chi connectivity index (χ0v) is 12.1. The molecule has 5 nitrogen and oxygen atoms in total. The summed E-state index contributed by atoms with van der Waals surface area (Å²) in [7, 11) is 0. The molecule has 0 spiro atoms. The van der Waals surface area contributed by atoms with Crippen LogP contribution in [0.2, 0.25) is 0 Å². The zero-order valence-electron chi connectivity index (χ0n) is 10.5. The Labute approximate surface area is 119 Å². The van der Waals surface area contributed by atoms with Gasteiger partial charge in [-0.25, -0.2) is 9.78 Å². The third-order valence-corrected chi connectivity index (χ3v) is 4.00. The maximum atomic E-state index is 12.0. The van der Waals surface area contributed by atoms with Crippen LogP contribution in [0.1, 0.15) is 17.6 Å². The molecule has 19 heavy (non-hydrogen) atoms. The van der Waals surface area contributed by atoms with Crippen LogP contribution in [0.25, 0.3) is 0 Å². The molecule has 0 saturated heterocycles. The van der Waals surface area contributed by atoms with E-state index in [9.17, 15) is 9.59 Å². The van der Waals surface area contributed by atoms with Gasteiger partial charge >= 0.3 is 5.69 Å². The third-order valence-electron chi connectivity index (χ3n) is 2.77. The van der Waals surface area contributed by atoms with Gasteiger partial charge in [-0.15, -0.1) is 22.9 Å². The molecule has 0 unspecified atom stereocenters. The largest absolute Gasteiger partial charge is 0.330 e. The molecule has 0 aliphatic carbocycles. The molecule has 2 aromatic heterocycles. The number of hydrogen-bond donors (Lipinski definition) is 0. The van der Waals surface area contributed by atoms with E-state index in [1.165, 1.54) is 32.7 Å². The second kappa shape index (κ2) is 6.16. The summed E-state index contributed by atoms with van der Waals surface area (Å²) in [5, 5.41) is 2.77. The van der Waals surface area contributed by atoms with Crippen molar-refractivity contribution in [1.82, 2.24) is 14.1 Å². The summed E-state index contributed by atoms with van der Waals surface area (Å²) in [6, 6.07) is 1.41. The van der Waals surface area contributed by atoms with Gasteiger partial charge < -0.3 is 4.57 Å². The molecule has 0 atom stereocenters. The Morgan fingerprint density at radius 3 is 2.84 bits per heavy atom. The maximum Gasteiger partial charge on any atom is 0.330 e. The molecule has 0 aliphatic rings. The molecule has 0 radical (unpaired) electrons. The smallest absolute Gasteiger partial charge is 0.301 e. The number of thiazole rings is 1. The standard InChI is InChI=1S/C12H14ClN3O2S/c1-2-15-5-4-11(17)16(12(15)18)6-3-10-14-9(7-13)8-19-10/h4-5,8H,2-3,6-7H2,1H3. The lowest BCUT2D eigenvalue weighted by atomic mass is 10.4. The molecule has 0 aromatic carbocycles. The van der Waals surface area contributed by atoms with E-state index in [0.29, 0.717) is 25.4 Å². The topological polar surface area (TPSA) is 56.9 Å². The molecule has 0 amide bonds. The van der Waals surface area contributed by atoms with Crippen molar-refractivity contribution in [3.63, 3.8) is 0 Å². The monoisotopic (exact) mass is 299 g/mol. The molecule has 2 heterocycles. The minimum Gasteiger partial charge on any atom is -0.301 e. The van der Waals surface area contributed by atoms with Crippen LogP contribution in [0.4, 0.5) is 0 Å². The Kier molecular flexibility index (Phi) is 4.55. The van der Waals surface area contributed by atoms with Crippen LogP contribution in [0, 0.1) is 0 Å². The lowest BCUT2D eigenvalue weighted by Crippen LogP contribution is -2.39. The third kappa shape index (κ3) is 3.13. The minimum absolute atomic E-state index is 0.274. The van der Waals surface area contributed by atoms with Gasteiger partial charge in [0.15, 0.2) is 0 Å². The van der Waals surface area contributed by atoms with Crippen molar-refractivity contribution in [3.8, 4) is 0 Å². The van der Waals surface area contributed by atoms with E-state index >= 15 is 0 Å². The van der Waals surface area contributed by atoms with E-state index in [1.807, 2.05) is 12.3 Å². The Morgan fingerprint density at radius 2 is 2.21 bits per heavy atom. The van der Waals surface area contributed by atoms with E-state index in [-0.39, 0.29) is 11.2 Å². The number of rotatable bonds is 5. The molecular formula is C12H14ClN3O2S. The molecule has 0 N–H and O–H groups in total. The van der Waals surface area contributed by atoms with E-state index < -0.39 is 0 Å². The fraction of sp³-hybridized carbons (Fsp3) is 0.417. The van der Waals surface area contributed by atoms with Crippen molar-refractivity contribution in [2.45, 2.75) is 32.3 Å². The van der Waals surface area contributed by atoms with Crippen molar-refractivity contribution in [3.05, 3.63) is 49.2 Å². The molecule has 2 aromatic rings. The lowest BCUT2D eigenvalue weighted by Gasteiger charge is -2.06. The SMILES string of the molecule is CCn1ccc(=O)n(CCc2nc(CCl)cs2)c1=O. The molecule has 0 aliphatic heterocycles. The van der Waals surface area contributed by atoms with Crippen LogP contribution in [-0.4, -0.2) is 14.1 Å². The van der Waals surface area contributed by atoms with E-state index in [0.717, 1.165) is 10.7 Å². The highest BCUT2D eigenvalue weighted by Crippen LogP contribution is 2.12. The maximum absolute atomic E-state index is 12.0. The number of nitrogens with zero attached hydrogens (tertiary/aromatic N) is 3. The molecule has 2 rings (SSSR count). The van der Waals surface area contributed by atoms with Gasteiger partial charge in [-0.3, -0.25) is 9.36 Å². The van der Waals surface area contributed by atoms with Crippen molar-refractivity contribution < 1.29 is 0 Å². The molecular weight excluding hydrogens is 286 g/mol. The highest BCUT2D eigenvalue weighted by molar-refractivity contribution is 7.09. The van der Waals surface area contributed by atoms with Crippen molar-refractivity contribution in [2.75, 3.05) is 0 Å². The van der Waals surface area contributed by atoms with Crippen molar-refractivity contribution in [1.29, 1.82) is 0 Å². The summed E-state index contributed by atoms with van der Waals surface area (Å²) in [5.41, 5.74) is 0.279. The molecule has 0 bridgehead atoms. The Balaban J connectivity index is 2.19. The summed E-state index contributed by atoms with van der Waals surface area (Å²) in [6.07, 6.45) is 2.08. The summed E-state index contributed by atoms with van der Waals surface area (Å²) < 4.78 is 2.75. The fourth-order valence-electron chi connectivity index (χ4n) is 1.74. The first-order chi connectivity index (χ1) is 9.15. The normalized spacial score (nSPS) is 10.8. The van der Waals surface area contributed by atoms with E-state index in [4.69, 9.17) is 11.6 Å². The van der Waals surface area contributed by atoms with Gasteiger partial charge in [0.25, 0.3) is 5.56 Å². The highest BCUT2D eigenvalue weighted by Gasteiger charge is 2.06. The first-order valence-corrected chi connectivity index (χ1v) is 7.36. The number of alkyl halides is 1. The van der Waals surface area contributed by atoms with Gasteiger partial charge in [-0.1, -0.05) is 0 Å². The predicted octanol–water partition coefficient (Wildman–Crippen LogP) is 1.47. The quantitative estimate of drug-likeness (QED) is 0.786. The van der Waals surface area contributed by atoms with Gasteiger partial charge in [0.05, 0.1) is 16.6 Å². The van der Waals surface area contributed by atoms with E-state index in [1.54, 1.807) is 0 Å². The molecule has 102 valence electrons. The van der Waals surface area contributed by atoms with Gasteiger partial charge in [0.1, 0.15) is 0 Å². The number of aryl methyl sites for hydroxylation is 2. The fourth-order valence-corrected chi connectivity index (χ4v) is 2.75. The summed E-state index contributed by atoms with van der Waals surface area (Å²) in [5.74, 6) is 0.379. The first kappa shape index (κ1) is 14.0. The van der Waals surface area contributed by atoms with Crippen molar-refractivity contribution in [2.24, 2.45) is 0 Å². The van der Waals surface area contributed by atoms with Crippen LogP contribution in [0.15, 0.2) is 27.2 Å². The second-order valence-electron chi connectivity index (χ2n) is 3.99. The predicted molar refractivity (Wildman–Crippen MR) is 76.0 cm³/mol. The van der Waals surface area contributed by atoms with Crippen LogP contribution in [0.5, 0.6) is 0 Å². The second-order valence-corrected chi connectivity index (χ2v) is 5.20. The summed E-state index contributed by atoms with van der Waals surface area (Å²) in [6.45, 7) is 2.75. The Morgan fingerprint density at radius 1 is 1.42 bits per heavy atom. The average Bonchev–Trinajstić information content (AvgIpc) is 2.87. The van der Waals surface area contributed by atoms with Gasteiger partial charge in [-0.2, -0.15) is 0 Å². The van der Waals surface area contributed by atoms with Crippen LogP contribution in [-0.2, 0) is 25.4 Å². The van der Waals surface area contributed by atoms with Crippen molar-refractivity contribution >= 4 is 22.9 Å². The first-order valence-electron chi connectivity index (χ1n) is 5.95. The van der Waals surface area contributed by atoms with Gasteiger partial charge in [0, 0.05) is 37.2 Å². The molecule has 7 heteroatoms. The Bertz CT molecular complexity index is 674. The number of hydrogen-bond acceptors (Lipinski definition) is 4. The summed E-state index contributed by atoms with van der Waals surface area (Å²) in [4.78, 5) is 28.0. The van der Waals surface area contributed by atoms with Gasteiger partial charge in [0.2, 0.25) is 0 Å². The van der Waals surface area contributed by atoms with E-state index in [2.05, 4.69) is 4.98 Å². The van der Waals surface area contributed by atoms with Crippen LogP contribution < -0.4 is 11.2 Å². The average molecular weight is 300 g/mol. The summed E-state index contributed by atoms with van der Waals surface area (Å²) >= 11 is 7.18. The lowest BCUT2D eigenvalue weighted by molar-refractivity contribution is 0.564. The number of halogens is 1. The molecule has 0 fully saturated rings. The minimum atomic E-state index is -0.274. The Hall–Kier alpha value is -1.40.